The van der Waals surface area contributed by atoms with Crippen LogP contribution in [-0.4, -0.2) is 83.2 Å². The summed E-state index contributed by atoms with van der Waals surface area (Å²) in [5, 5.41) is 16.6. The second-order valence-corrected chi connectivity index (χ2v) is 14.7. The molecule has 2 saturated heterocycles. The van der Waals surface area contributed by atoms with Crippen molar-refractivity contribution in [3.05, 3.63) is 46.3 Å². The monoisotopic (exact) mass is 641 g/mol. The highest BCUT2D eigenvalue weighted by atomic mass is 16.7. The number of carbonyl (C=O) groups excluding carboxylic acids is 3. The molecule has 2 aliphatic heterocycles. The zero-order valence-electron chi connectivity index (χ0n) is 28.0. The van der Waals surface area contributed by atoms with Crippen LogP contribution in [0.25, 0.3) is 10.4 Å². The number of rotatable bonds is 11. The quantitative estimate of drug-likeness (QED) is 0.116. The molecule has 2 heterocycles. The number of nitrogens with one attached hydrogen (secondary N) is 1. The van der Waals surface area contributed by atoms with Crippen molar-refractivity contribution in [1.82, 2.24) is 10.2 Å². The molecule has 14 heteroatoms. The standard InChI is InChI=1S/C32H48BN5O8/c1-29(2,3)44-28(42)35-25(19-39)26(40)38-17-22-16-32(36-37-34,27(41)43-20-21-12-9-8-10-13-21)24(23(22)18-38)14-11-15-33-45-30(4,5)31(6,7)46-33/h8-10,12-13,22-25,39H,11,14-20H2,1-7H3,(H,35,42)/t22-,23+,24-,25-,32-/m0/s1. The fourth-order valence-corrected chi connectivity index (χ4v) is 6.87. The Labute approximate surface area is 271 Å². The normalized spacial score (nSPS) is 27.0. The summed E-state index contributed by atoms with van der Waals surface area (Å²) in [5.74, 6) is -1.80. The molecule has 0 radical (unpaired) electrons. The third kappa shape index (κ3) is 7.79. The van der Waals surface area contributed by atoms with Gasteiger partial charge in [-0.2, -0.15) is 0 Å². The lowest BCUT2D eigenvalue weighted by atomic mass is 9.75. The molecule has 3 fully saturated rings. The molecule has 3 aliphatic rings. The highest BCUT2D eigenvalue weighted by Gasteiger charge is 2.61. The third-order valence-corrected chi connectivity index (χ3v) is 9.72. The van der Waals surface area contributed by atoms with Crippen LogP contribution in [0.4, 0.5) is 4.79 Å². The van der Waals surface area contributed by atoms with Crippen molar-refractivity contribution < 1.29 is 38.3 Å². The Kier molecular flexibility index (Phi) is 10.7. The molecule has 5 atom stereocenters. The van der Waals surface area contributed by atoms with E-state index in [1.807, 2.05) is 58.0 Å². The number of aliphatic hydroxyl groups is 1. The SMILES string of the molecule is CC(C)(C)OC(=O)N[C@@H](CO)C(=O)N1C[C@@H]2C[C@@](N=[N+]=[N-])(C(=O)OCc3ccccc3)[C@@H](CCCB3OC(C)(C)C(C)(C)O3)[C@@H]2C1. The molecule has 1 aromatic carbocycles. The van der Waals surface area contributed by atoms with E-state index in [-0.39, 0.29) is 38.0 Å². The molecule has 0 unspecified atom stereocenters. The maximum atomic E-state index is 13.9. The molecule has 1 saturated carbocycles. The Bertz CT molecular complexity index is 1300. The lowest BCUT2D eigenvalue weighted by molar-refractivity contribution is -0.153. The molecular weight excluding hydrogens is 593 g/mol. The summed E-state index contributed by atoms with van der Waals surface area (Å²) in [6.07, 6.45) is 1.10. The molecule has 46 heavy (non-hydrogen) atoms. The molecule has 1 aromatic rings. The number of nitrogens with zero attached hydrogens (tertiary/aromatic N) is 4. The minimum Gasteiger partial charge on any atom is -0.460 e. The fraction of sp³-hybridized carbons (Fsp3) is 0.719. The molecule has 0 spiro atoms. The minimum absolute atomic E-state index is 0.0392. The van der Waals surface area contributed by atoms with E-state index in [1.165, 1.54) is 0 Å². The van der Waals surface area contributed by atoms with Crippen molar-refractivity contribution in [1.29, 1.82) is 0 Å². The first-order valence-electron chi connectivity index (χ1n) is 16.0. The minimum atomic E-state index is -1.45. The van der Waals surface area contributed by atoms with Crippen LogP contribution in [-0.2, 0) is 35.0 Å². The first-order valence-corrected chi connectivity index (χ1v) is 16.0. The number of hydrogen-bond donors (Lipinski definition) is 2. The molecule has 4 rings (SSSR count). The van der Waals surface area contributed by atoms with Gasteiger partial charge in [-0.3, -0.25) is 9.59 Å². The number of ether oxygens (including phenoxy) is 2. The highest BCUT2D eigenvalue weighted by Crippen LogP contribution is 2.53. The number of aliphatic hydroxyl groups excluding tert-OH is 1. The number of azide groups is 1. The fourth-order valence-electron chi connectivity index (χ4n) is 6.87. The van der Waals surface area contributed by atoms with Crippen LogP contribution >= 0.6 is 0 Å². The lowest BCUT2D eigenvalue weighted by Crippen LogP contribution is -2.52. The van der Waals surface area contributed by atoms with E-state index < -0.39 is 66.0 Å². The van der Waals surface area contributed by atoms with Gasteiger partial charge in [-0.1, -0.05) is 41.9 Å². The molecule has 0 aromatic heterocycles. The Morgan fingerprint density at radius 3 is 2.39 bits per heavy atom. The number of alkyl carbamates (subject to hydrolysis) is 1. The van der Waals surface area contributed by atoms with Gasteiger partial charge in [0.1, 0.15) is 23.8 Å². The van der Waals surface area contributed by atoms with Crippen LogP contribution in [0.5, 0.6) is 0 Å². The number of benzene rings is 1. The maximum absolute atomic E-state index is 13.9. The van der Waals surface area contributed by atoms with Crippen molar-refractivity contribution in [3.63, 3.8) is 0 Å². The first kappa shape index (κ1) is 35.5. The largest absolute Gasteiger partial charge is 0.460 e. The Hall–Kier alpha value is -3.32. The van der Waals surface area contributed by atoms with Gasteiger partial charge in [-0.25, -0.2) is 4.79 Å². The molecule has 2 amide bonds. The molecule has 252 valence electrons. The first-order chi connectivity index (χ1) is 21.5. The van der Waals surface area contributed by atoms with Crippen LogP contribution in [0.1, 0.15) is 73.3 Å². The van der Waals surface area contributed by atoms with E-state index >= 15 is 0 Å². The third-order valence-electron chi connectivity index (χ3n) is 9.72. The second kappa shape index (κ2) is 13.8. The van der Waals surface area contributed by atoms with Gasteiger partial charge < -0.3 is 34.1 Å². The number of amides is 2. The summed E-state index contributed by atoms with van der Waals surface area (Å²) in [4.78, 5) is 44.4. The van der Waals surface area contributed by atoms with Gasteiger partial charge in [0.05, 0.1) is 17.8 Å². The summed E-state index contributed by atoms with van der Waals surface area (Å²) in [7, 11) is -0.424. The zero-order chi connectivity index (χ0) is 33.9. The van der Waals surface area contributed by atoms with Crippen LogP contribution in [0.2, 0.25) is 6.32 Å². The summed E-state index contributed by atoms with van der Waals surface area (Å²) in [6, 6.07) is 8.10. The molecule has 1 aliphatic carbocycles. The van der Waals surface area contributed by atoms with E-state index in [0.717, 1.165) is 5.56 Å². The summed E-state index contributed by atoms with van der Waals surface area (Å²) < 4.78 is 23.4. The summed E-state index contributed by atoms with van der Waals surface area (Å²) in [5.41, 5.74) is 7.33. The van der Waals surface area contributed by atoms with Crippen LogP contribution in [0.15, 0.2) is 35.4 Å². The van der Waals surface area contributed by atoms with E-state index in [1.54, 1.807) is 25.7 Å². The topological polar surface area (TPSA) is 172 Å². The van der Waals surface area contributed by atoms with Crippen molar-refractivity contribution in [3.8, 4) is 0 Å². The number of likely N-dealkylation sites (tertiary alicyclic amines) is 1. The molecule has 0 bridgehead atoms. The summed E-state index contributed by atoms with van der Waals surface area (Å²) >= 11 is 0. The van der Waals surface area contributed by atoms with Crippen molar-refractivity contribution in [2.24, 2.45) is 22.9 Å². The maximum Gasteiger partial charge on any atom is 0.457 e. The predicted molar refractivity (Wildman–Crippen MR) is 170 cm³/mol. The van der Waals surface area contributed by atoms with Crippen LogP contribution < -0.4 is 5.32 Å². The number of hydrogen-bond acceptors (Lipinski definition) is 9. The predicted octanol–water partition coefficient (Wildman–Crippen LogP) is 4.63. The van der Waals surface area contributed by atoms with Crippen LogP contribution in [0.3, 0.4) is 0 Å². The van der Waals surface area contributed by atoms with Gasteiger partial charge in [0.15, 0.2) is 0 Å². The number of carbonyl (C=O) groups is 3. The summed E-state index contributed by atoms with van der Waals surface area (Å²) in [6.45, 7) is 13.1. The Balaban J connectivity index is 1.52. The highest BCUT2D eigenvalue weighted by molar-refractivity contribution is 6.45. The van der Waals surface area contributed by atoms with Gasteiger partial charge in [-0.05, 0) is 96.5 Å². The molecular formula is C32H48BN5O8. The molecule has 2 N–H and O–H groups in total. The smallest absolute Gasteiger partial charge is 0.457 e. The number of fused-ring (bicyclic) bond motifs is 1. The van der Waals surface area contributed by atoms with E-state index in [0.29, 0.717) is 19.2 Å². The van der Waals surface area contributed by atoms with E-state index in [2.05, 4.69) is 15.3 Å². The van der Waals surface area contributed by atoms with E-state index in [4.69, 9.17) is 18.8 Å². The number of esters is 1. The Morgan fingerprint density at radius 1 is 1.15 bits per heavy atom. The lowest BCUT2D eigenvalue weighted by Gasteiger charge is -2.33. The van der Waals surface area contributed by atoms with Gasteiger partial charge >= 0.3 is 19.2 Å². The average molecular weight is 642 g/mol. The second-order valence-electron chi connectivity index (χ2n) is 14.7. The van der Waals surface area contributed by atoms with Crippen molar-refractivity contribution in [2.75, 3.05) is 19.7 Å². The van der Waals surface area contributed by atoms with Crippen LogP contribution in [0, 0.1) is 17.8 Å². The zero-order valence-corrected chi connectivity index (χ0v) is 28.0. The van der Waals surface area contributed by atoms with E-state index in [9.17, 15) is 25.0 Å². The van der Waals surface area contributed by atoms with Crippen molar-refractivity contribution >= 4 is 25.1 Å². The van der Waals surface area contributed by atoms with Crippen molar-refractivity contribution in [2.45, 2.75) is 109 Å². The molecule has 13 nitrogen and oxygen atoms in total. The van der Waals surface area contributed by atoms with Gasteiger partial charge in [-0.15, -0.1) is 0 Å². The van der Waals surface area contributed by atoms with Gasteiger partial charge in [0, 0.05) is 18.0 Å². The average Bonchev–Trinajstić information content (AvgIpc) is 3.56. The van der Waals surface area contributed by atoms with Gasteiger partial charge in [0.25, 0.3) is 0 Å². The Morgan fingerprint density at radius 2 is 1.80 bits per heavy atom. The van der Waals surface area contributed by atoms with Gasteiger partial charge in [0.2, 0.25) is 5.91 Å².